The van der Waals surface area contributed by atoms with Crippen LogP contribution in [0.1, 0.15) is 0 Å². The molecule has 21 heavy (non-hydrogen) atoms. The molecule has 0 aliphatic rings. The topological polar surface area (TPSA) is 42.7 Å². The monoisotopic (exact) mass is 281 g/mol. The van der Waals surface area contributed by atoms with E-state index >= 15 is 0 Å². The highest BCUT2D eigenvalue weighted by molar-refractivity contribution is 5.81. The predicted molar refractivity (Wildman–Crippen MR) is 83.3 cm³/mol. The summed E-state index contributed by atoms with van der Waals surface area (Å²) in [7, 11) is 3.87. The van der Waals surface area contributed by atoms with Crippen molar-refractivity contribution in [1.82, 2.24) is 0 Å². The number of fused-ring (bicyclic) bond motifs is 1. The van der Waals surface area contributed by atoms with Gasteiger partial charge in [-0.1, -0.05) is 18.2 Å². The van der Waals surface area contributed by atoms with Crippen LogP contribution >= 0.6 is 0 Å². The first kappa shape index (κ1) is 13.2. The van der Waals surface area contributed by atoms with Crippen LogP contribution in [0.5, 0.6) is 11.5 Å². The van der Waals surface area contributed by atoms with Gasteiger partial charge in [-0.3, -0.25) is 0 Å². The highest BCUT2D eigenvalue weighted by atomic mass is 16.5. The first-order valence-corrected chi connectivity index (χ1v) is 6.61. The van der Waals surface area contributed by atoms with E-state index in [9.17, 15) is 4.79 Å². The van der Waals surface area contributed by atoms with E-state index in [4.69, 9.17) is 9.15 Å². The molecule has 0 radical (unpaired) electrons. The van der Waals surface area contributed by atoms with Gasteiger partial charge in [-0.2, -0.15) is 0 Å². The number of benzene rings is 2. The average molecular weight is 281 g/mol. The minimum Gasteiger partial charge on any atom is -0.450 e. The molecule has 106 valence electrons. The fourth-order valence-corrected chi connectivity index (χ4v) is 2.05. The Morgan fingerprint density at radius 2 is 1.76 bits per heavy atom. The van der Waals surface area contributed by atoms with Crippen LogP contribution in [0.2, 0.25) is 0 Å². The summed E-state index contributed by atoms with van der Waals surface area (Å²) >= 11 is 0. The van der Waals surface area contributed by atoms with E-state index in [1.54, 1.807) is 18.2 Å². The molecule has 0 atom stereocenters. The van der Waals surface area contributed by atoms with Crippen LogP contribution in [0.3, 0.4) is 0 Å². The van der Waals surface area contributed by atoms with Crippen molar-refractivity contribution in [2.75, 3.05) is 19.0 Å². The van der Waals surface area contributed by atoms with Gasteiger partial charge in [0.2, 0.25) is 5.75 Å². The Morgan fingerprint density at radius 1 is 1.00 bits per heavy atom. The van der Waals surface area contributed by atoms with Crippen molar-refractivity contribution >= 4 is 16.7 Å². The normalized spacial score (nSPS) is 10.6. The number of nitrogens with zero attached hydrogens (tertiary/aromatic N) is 1. The van der Waals surface area contributed by atoms with Crippen molar-refractivity contribution in [3.63, 3.8) is 0 Å². The molecule has 3 aromatic rings. The molecule has 3 rings (SSSR count). The van der Waals surface area contributed by atoms with Gasteiger partial charge in [-0.15, -0.1) is 0 Å². The van der Waals surface area contributed by atoms with Crippen molar-refractivity contribution in [3.05, 3.63) is 65.0 Å². The van der Waals surface area contributed by atoms with E-state index in [1.165, 1.54) is 0 Å². The van der Waals surface area contributed by atoms with Gasteiger partial charge in [0.15, 0.2) is 0 Å². The highest BCUT2D eigenvalue weighted by Crippen LogP contribution is 2.24. The first-order valence-electron chi connectivity index (χ1n) is 6.61. The van der Waals surface area contributed by atoms with Gasteiger partial charge >= 0.3 is 5.63 Å². The Bertz CT molecular complexity index is 822. The van der Waals surface area contributed by atoms with Crippen LogP contribution in [-0.4, -0.2) is 14.1 Å². The molecule has 0 amide bonds. The lowest BCUT2D eigenvalue weighted by Crippen LogP contribution is -2.08. The summed E-state index contributed by atoms with van der Waals surface area (Å²) in [6, 6.07) is 16.6. The Kier molecular flexibility index (Phi) is 3.36. The van der Waals surface area contributed by atoms with Crippen molar-refractivity contribution in [3.8, 4) is 11.5 Å². The summed E-state index contributed by atoms with van der Waals surface area (Å²) in [4.78, 5) is 14.0. The molecule has 0 fully saturated rings. The SMILES string of the molecule is CN(C)c1ccc2cc(Oc3ccccc3)c(=O)oc2c1. The minimum atomic E-state index is -0.484. The Hall–Kier alpha value is -2.75. The van der Waals surface area contributed by atoms with Crippen molar-refractivity contribution in [1.29, 1.82) is 0 Å². The zero-order valence-corrected chi connectivity index (χ0v) is 11.9. The smallest absolute Gasteiger partial charge is 0.379 e. The van der Waals surface area contributed by atoms with E-state index < -0.39 is 5.63 Å². The lowest BCUT2D eigenvalue weighted by Gasteiger charge is -2.12. The number of hydrogen-bond donors (Lipinski definition) is 0. The van der Waals surface area contributed by atoms with Crippen LogP contribution in [0.4, 0.5) is 5.69 Å². The lowest BCUT2D eigenvalue weighted by molar-refractivity contribution is 0.437. The number of hydrogen-bond acceptors (Lipinski definition) is 4. The van der Waals surface area contributed by atoms with E-state index in [0.717, 1.165) is 11.1 Å². The molecule has 4 nitrogen and oxygen atoms in total. The van der Waals surface area contributed by atoms with Gasteiger partial charge in [0.1, 0.15) is 11.3 Å². The molecule has 1 aromatic heterocycles. The third-order valence-corrected chi connectivity index (χ3v) is 3.17. The highest BCUT2D eigenvalue weighted by Gasteiger charge is 2.08. The second-order valence-corrected chi connectivity index (χ2v) is 4.93. The molecule has 0 bridgehead atoms. The van der Waals surface area contributed by atoms with Gasteiger partial charge in [-0.25, -0.2) is 4.79 Å². The summed E-state index contributed by atoms with van der Waals surface area (Å²) in [5, 5.41) is 0.825. The molecule has 4 heteroatoms. The van der Waals surface area contributed by atoms with E-state index in [-0.39, 0.29) is 5.75 Å². The molecule has 0 unspecified atom stereocenters. The van der Waals surface area contributed by atoms with E-state index in [0.29, 0.717) is 11.3 Å². The number of anilines is 1. The molecule has 0 aliphatic carbocycles. The molecule has 2 aromatic carbocycles. The number of rotatable bonds is 3. The Balaban J connectivity index is 2.03. The summed E-state index contributed by atoms with van der Waals surface area (Å²) in [6.07, 6.45) is 0. The maximum absolute atomic E-state index is 12.0. The van der Waals surface area contributed by atoms with Crippen LogP contribution in [0.25, 0.3) is 11.0 Å². The van der Waals surface area contributed by atoms with Crippen LogP contribution in [-0.2, 0) is 0 Å². The van der Waals surface area contributed by atoms with Crippen LogP contribution in [0.15, 0.2) is 63.8 Å². The Labute approximate surface area is 122 Å². The van der Waals surface area contributed by atoms with Crippen LogP contribution < -0.4 is 15.3 Å². The van der Waals surface area contributed by atoms with Crippen LogP contribution in [0, 0.1) is 0 Å². The number of para-hydroxylation sites is 1. The molecule has 0 spiro atoms. The zero-order chi connectivity index (χ0) is 14.8. The van der Waals surface area contributed by atoms with E-state index in [2.05, 4.69) is 0 Å². The molecular weight excluding hydrogens is 266 g/mol. The summed E-state index contributed by atoms with van der Waals surface area (Å²) in [5.41, 5.74) is 1.04. The Morgan fingerprint density at radius 3 is 2.48 bits per heavy atom. The quantitative estimate of drug-likeness (QED) is 0.687. The average Bonchev–Trinajstić information content (AvgIpc) is 2.48. The largest absolute Gasteiger partial charge is 0.450 e. The van der Waals surface area contributed by atoms with Gasteiger partial charge < -0.3 is 14.1 Å². The molecule has 1 heterocycles. The molecular formula is C17H15NO3. The van der Waals surface area contributed by atoms with Crippen molar-refractivity contribution in [2.45, 2.75) is 0 Å². The van der Waals surface area contributed by atoms with Gasteiger partial charge in [0.25, 0.3) is 0 Å². The molecule has 0 saturated carbocycles. The summed E-state index contributed by atoms with van der Waals surface area (Å²) in [5.74, 6) is 0.792. The standard InChI is InChI=1S/C17H15NO3/c1-18(2)13-9-8-12-10-16(17(19)21-15(12)11-13)20-14-6-4-3-5-7-14/h3-11H,1-2H3. The first-order chi connectivity index (χ1) is 10.1. The van der Waals surface area contributed by atoms with E-state index in [1.807, 2.05) is 55.4 Å². The lowest BCUT2D eigenvalue weighted by atomic mass is 10.2. The van der Waals surface area contributed by atoms with Gasteiger partial charge in [0, 0.05) is 31.2 Å². The second-order valence-electron chi connectivity index (χ2n) is 4.93. The number of ether oxygens (including phenoxy) is 1. The third-order valence-electron chi connectivity index (χ3n) is 3.17. The zero-order valence-electron chi connectivity index (χ0n) is 11.9. The molecule has 0 saturated heterocycles. The van der Waals surface area contributed by atoms with Crippen molar-refractivity contribution in [2.24, 2.45) is 0 Å². The maximum Gasteiger partial charge on any atom is 0.379 e. The summed E-state index contributed by atoms with van der Waals surface area (Å²) in [6.45, 7) is 0. The predicted octanol–water partition coefficient (Wildman–Crippen LogP) is 3.65. The molecule has 0 aliphatic heterocycles. The maximum atomic E-state index is 12.0. The second kappa shape index (κ2) is 5.32. The fraction of sp³-hybridized carbons (Fsp3) is 0.118. The molecule has 0 N–H and O–H groups in total. The van der Waals surface area contributed by atoms with Gasteiger partial charge in [0.05, 0.1) is 0 Å². The fourth-order valence-electron chi connectivity index (χ4n) is 2.05. The minimum absolute atomic E-state index is 0.186. The summed E-state index contributed by atoms with van der Waals surface area (Å²) < 4.78 is 10.9. The third kappa shape index (κ3) is 2.74. The van der Waals surface area contributed by atoms with Gasteiger partial charge in [-0.05, 0) is 30.3 Å². The van der Waals surface area contributed by atoms with Crippen molar-refractivity contribution < 1.29 is 9.15 Å².